The van der Waals surface area contributed by atoms with Crippen LogP contribution < -0.4 is 0 Å². The van der Waals surface area contributed by atoms with Crippen LogP contribution in [0.25, 0.3) is 67.7 Å². The predicted octanol–water partition coefficient (Wildman–Crippen LogP) is 8.66. The Morgan fingerprint density at radius 1 is 0.333 bits per heavy atom. The van der Waals surface area contributed by atoms with Crippen LogP contribution in [0.1, 0.15) is 0 Å². The van der Waals surface area contributed by atoms with Crippen LogP contribution in [0.3, 0.4) is 0 Å². The van der Waals surface area contributed by atoms with Crippen molar-refractivity contribution in [3.05, 3.63) is 152 Å². The van der Waals surface area contributed by atoms with E-state index in [1.54, 1.807) is 6.20 Å². The van der Waals surface area contributed by atoms with Gasteiger partial charge in [0.25, 0.3) is 0 Å². The van der Waals surface area contributed by atoms with Gasteiger partial charge < -0.3 is 0 Å². The number of pyridine rings is 2. The summed E-state index contributed by atoms with van der Waals surface area (Å²) in [5.74, 6) is 1.92. The van der Waals surface area contributed by atoms with Crippen molar-refractivity contribution in [2.24, 2.45) is 0 Å². The van der Waals surface area contributed by atoms with Crippen LogP contribution in [0.15, 0.2) is 152 Å². The van der Waals surface area contributed by atoms with Crippen LogP contribution in [-0.2, 0) is 0 Å². The van der Waals surface area contributed by atoms with E-state index in [0.717, 1.165) is 50.2 Å². The molecule has 0 spiro atoms. The van der Waals surface area contributed by atoms with E-state index in [1.807, 2.05) is 97.3 Å². The van der Waals surface area contributed by atoms with E-state index < -0.39 is 0 Å². The van der Waals surface area contributed by atoms with Crippen molar-refractivity contribution in [3.8, 4) is 67.7 Å². The highest BCUT2D eigenvalue weighted by molar-refractivity contribution is 5.76. The molecule has 0 atom stereocenters. The molecule has 5 nitrogen and oxygen atoms in total. The Bertz CT molecular complexity index is 1900. The van der Waals surface area contributed by atoms with Crippen LogP contribution in [0, 0.1) is 0 Å². The second-order valence-electron chi connectivity index (χ2n) is 9.87. The van der Waals surface area contributed by atoms with Gasteiger partial charge in [-0.05, 0) is 35.4 Å². The number of hydrogen-bond acceptors (Lipinski definition) is 5. The van der Waals surface area contributed by atoms with E-state index in [1.165, 1.54) is 0 Å². The standard InChI is InChI=1S/C37H25N5/c1-3-10-26(11-4-1)35-40-36(27-12-5-2-6-13-27)42-37(41-35)31-17-8-15-29(23-31)28-14-7-16-30(22-28)34-20-19-33(25-39-34)32-18-9-21-38-24-32/h1-25H. The Balaban J connectivity index is 1.25. The lowest BCUT2D eigenvalue weighted by Crippen LogP contribution is -2.00. The van der Waals surface area contributed by atoms with Crippen LogP contribution in [0.4, 0.5) is 0 Å². The average Bonchev–Trinajstić information content (AvgIpc) is 3.09. The molecule has 7 rings (SSSR count). The molecule has 3 heterocycles. The maximum absolute atomic E-state index is 4.90. The molecule has 0 unspecified atom stereocenters. The van der Waals surface area contributed by atoms with E-state index in [9.17, 15) is 0 Å². The van der Waals surface area contributed by atoms with Crippen LogP contribution in [0.5, 0.6) is 0 Å². The van der Waals surface area contributed by atoms with Gasteiger partial charge in [0.2, 0.25) is 0 Å². The second-order valence-corrected chi connectivity index (χ2v) is 9.87. The molecule has 0 N–H and O–H groups in total. The Hall–Kier alpha value is -5.81. The minimum absolute atomic E-state index is 0.633. The van der Waals surface area contributed by atoms with Gasteiger partial charge in [-0.3, -0.25) is 9.97 Å². The lowest BCUT2D eigenvalue weighted by Gasteiger charge is -2.10. The highest BCUT2D eigenvalue weighted by atomic mass is 15.0. The van der Waals surface area contributed by atoms with Gasteiger partial charge in [-0.25, -0.2) is 15.0 Å². The summed E-state index contributed by atoms with van der Waals surface area (Å²) in [5, 5.41) is 0. The zero-order valence-electron chi connectivity index (χ0n) is 22.7. The first kappa shape index (κ1) is 25.2. The average molecular weight is 540 g/mol. The first-order valence-electron chi connectivity index (χ1n) is 13.7. The molecule has 42 heavy (non-hydrogen) atoms. The number of nitrogens with zero attached hydrogens (tertiary/aromatic N) is 5. The summed E-state index contributed by atoms with van der Waals surface area (Å²) in [7, 11) is 0. The monoisotopic (exact) mass is 539 g/mol. The van der Waals surface area contributed by atoms with Gasteiger partial charge in [0, 0.05) is 52.0 Å². The summed E-state index contributed by atoms with van der Waals surface area (Å²) in [6.07, 6.45) is 5.52. The largest absolute Gasteiger partial charge is 0.264 e. The first-order chi connectivity index (χ1) is 20.8. The zero-order valence-corrected chi connectivity index (χ0v) is 22.7. The van der Waals surface area contributed by atoms with Crippen molar-refractivity contribution in [2.75, 3.05) is 0 Å². The highest BCUT2D eigenvalue weighted by Gasteiger charge is 2.13. The molecule has 0 aliphatic rings. The van der Waals surface area contributed by atoms with Crippen LogP contribution in [0.2, 0.25) is 0 Å². The van der Waals surface area contributed by atoms with Crippen molar-refractivity contribution in [1.82, 2.24) is 24.9 Å². The van der Waals surface area contributed by atoms with E-state index >= 15 is 0 Å². The molecular formula is C37H25N5. The molecule has 0 aliphatic carbocycles. The van der Waals surface area contributed by atoms with Gasteiger partial charge >= 0.3 is 0 Å². The van der Waals surface area contributed by atoms with E-state index in [0.29, 0.717) is 17.5 Å². The molecule has 0 fully saturated rings. The Kier molecular flexibility index (Phi) is 6.81. The third kappa shape index (κ3) is 5.31. The van der Waals surface area contributed by atoms with Crippen molar-refractivity contribution in [3.63, 3.8) is 0 Å². The summed E-state index contributed by atoms with van der Waals surface area (Å²) in [5.41, 5.74) is 9.04. The Morgan fingerprint density at radius 2 is 0.833 bits per heavy atom. The summed E-state index contributed by atoms with van der Waals surface area (Å²) < 4.78 is 0. The van der Waals surface area contributed by atoms with Gasteiger partial charge in [0.15, 0.2) is 17.5 Å². The fourth-order valence-corrected chi connectivity index (χ4v) is 4.90. The number of aromatic nitrogens is 5. The van der Waals surface area contributed by atoms with Gasteiger partial charge in [-0.1, -0.05) is 109 Å². The minimum Gasteiger partial charge on any atom is -0.264 e. The Labute approximate surface area is 244 Å². The summed E-state index contributed by atoms with van der Waals surface area (Å²) in [6, 6.07) is 44.9. The first-order valence-corrected chi connectivity index (χ1v) is 13.7. The fourth-order valence-electron chi connectivity index (χ4n) is 4.90. The van der Waals surface area contributed by atoms with E-state index in [-0.39, 0.29) is 0 Å². The normalized spacial score (nSPS) is 10.9. The number of benzene rings is 4. The van der Waals surface area contributed by atoms with Gasteiger partial charge in [0.05, 0.1) is 5.69 Å². The molecule has 0 aliphatic heterocycles. The molecule has 0 saturated carbocycles. The quantitative estimate of drug-likeness (QED) is 0.212. The zero-order chi connectivity index (χ0) is 28.1. The molecule has 0 bridgehead atoms. The molecular weight excluding hydrogens is 514 g/mol. The SMILES string of the molecule is c1ccc(-c2nc(-c3ccccc3)nc(-c3cccc(-c4cccc(-c5ccc(-c6cccnc6)cn5)c4)c3)n2)cc1. The molecule has 5 heteroatoms. The van der Waals surface area contributed by atoms with Crippen molar-refractivity contribution < 1.29 is 0 Å². The molecule has 0 saturated heterocycles. The number of rotatable bonds is 6. The fraction of sp³-hybridized carbons (Fsp3) is 0. The second kappa shape index (κ2) is 11.4. The van der Waals surface area contributed by atoms with Crippen LogP contribution >= 0.6 is 0 Å². The molecule has 198 valence electrons. The lowest BCUT2D eigenvalue weighted by molar-refractivity contribution is 1.07. The van der Waals surface area contributed by atoms with E-state index in [4.69, 9.17) is 19.9 Å². The molecule has 7 aromatic rings. The van der Waals surface area contributed by atoms with Gasteiger partial charge in [-0.15, -0.1) is 0 Å². The third-order valence-corrected chi connectivity index (χ3v) is 7.07. The minimum atomic E-state index is 0.633. The topological polar surface area (TPSA) is 64.5 Å². The summed E-state index contributed by atoms with van der Waals surface area (Å²) in [6.45, 7) is 0. The Morgan fingerprint density at radius 3 is 1.40 bits per heavy atom. The summed E-state index contributed by atoms with van der Waals surface area (Å²) >= 11 is 0. The van der Waals surface area contributed by atoms with Gasteiger partial charge in [0.1, 0.15) is 0 Å². The molecule has 3 aromatic heterocycles. The maximum atomic E-state index is 4.90. The number of hydrogen-bond donors (Lipinski definition) is 0. The highest BCUT2D eigenvalue weighted by Crippen LogP contribution is 2.30. The lowest BCUT2D eigenvalue weighted by atomic mass is 9.99. The van der Waals surface area contributed by atoms with Gasteiger partial charge in [-0.2, -0.15) is 0 Å². The molecule has 0 amide bonds. The smallest absolute Gasteiger partial charge is 0.164 e. The van der Waals surface area contributed by atoms with E-state index in [2.05, 4.69) is 53.5 Å². The summed E-state index contributed by atoms with van der Waals surface area (Å²) in [4.78, 5) is 23.6. The predicted molar refractivity (Wildman–Crippen MR) is 168 cm³/mol. The van der Waals surface area contributed by atoms with Crippen molar-refractivity contribution in [1.29, 1.82) is 0 Å². The molecule has 0 radical (unpaired) electrons. The van der Waals surface area contributed by atoms with Crippen molar-refractivity contribution >= 4 is 0 Å². The van der Waals surface area contributed by atoms with Crippen molar-refractivity contribution in [2.45, 2.75) is 0 Å². The third-order valence-electron chi connectivity index (χ3n) is 7.07. The maximum Gasteiger partial charge on any atom is 0.164 e. The van der Waals surface area contributed by atoms with Crippen LogP contribution in [-0.4, -0.2) is 24.9 Å². The molecule has 4 aromatic carbocycles.